The molecule has 0 aliphatic carbocycles. The van der Waals surface area contributed by atoms with Gasteiger partial charge >= 0.3 is 6.10 Å². The minimum Gasteiger partial charge on any atom is -0.310 e. The van der Waals surface area contributed by atoms with Crippen molar-refractivity contribution in [2.45, 2.75) is 26.9 Å². The molecule has 17 heavy (non-hydrogen) atoms. The fourth-order valence-corrected chi connectivity index (χ4v) is 1.24. The van der Waals surface area contributed by atoms with Crippen LogP contribution in [0.4, 0.5) is 5.95 Å². The molecule has 1 N–H and O–H groups in total. The molecule has 96 valence electrons. The highest BCUT2D eigenvalue weighted by molar-refractivity contribution is 5.22. The van der Waals surface area contributed by atoms with E-state index in [4.69, 9.17) is 14.2 Å². The van der Waals surface area contributed by atoms with E-state index in [2.05, 4.69) is 20.3 Å². The van der Waals surface area contributed by atoms with Gasteiger partial charge in [-0.15, -0.1) is 0 Å². The summed E-state index contributed by atoms with van der Waals surface area (Å²) in [5.41, 5.74) is 0. The van der Waals surface area contributed by atoms with Crippen molar-refractivity contribution in [3.63, 3.8) is 0 Å². The lowest BCUT2D eigenvalue weighted by atomic mass is 10.7. The minimum absolute atomic E-state index is 0.329. The number of rotatable bonds is 8. The van der Waals surface area contributed by atoms with Gasteiger partial charge in [-0.3, -0.25) is 5.32 Å². The number of aromatic nitrogens is 3. The topological polar surface area (TPSA) is 78.4 Å². The summed E-state index contributed by atoms with van der Waals surface area (Å²) in [5, 5.41) is 2.87. The Kier molecular flexibility index (Phi) is 5.75. The molecule has 0 unspecified atom stereocenters. The van der Waals surface area contributed by atoms with Crippen LogP contribution in [0, 0.1) is 0 Å². The number of hydrogen-bond donors (Lipinski definition) is 1. The fraction of sp³-hybridized carbons (Fsp3) is 0.700. The molecule has 0 aliphatic heterocycles. The van der Waals surface area contributed by atoms with Gasteiger partial charge in [-0.1, -0.05) is 0 Å². The van der Waals surface area contributed by atoms with E-state index in [1.807, 2.05) is 20.8 Å². The summed E-state index contributed by atoms with van der Waals surface area (Å²) in [5.74, 6) is 0.329. The van der Waals surface area contributed by atoms with Crippen LogP contribution in [0.2, 0.25) is 0 Å². The molecule has 0 bridgehead atoms. The van der Waals surface area contributed by atoms with Crippen molar-refractivity contribution in [3.05, 3.63) is 12.7 Å². The van der Waals surface area contributed by atoms with Gasteiger partial charge in [-0.25, -0.2) is 15.0 Å². The molecule has 1 rings (SSSR count). The lowest BCUT2D eigenvalue weighted by Gasteiger charge is -2.31. The van der Waals surface area contributed by atoms with E-state index in [1.54, 1.807) is 0 Å². The highest BCUT2D eigenvalue weighted by Gasteiger charge is 2.33. The summed E-state index contributed by atoms with van der Waals surface area (Å²) < 4.78 is 16.4. The first kappa shape index (κ1) is 13.8. The second kappa shape index (κ2) is 7.10. The number of anilines is 1. The molecule has 7 nitrogen and oxygen atoms in total. The second-order valence-electron chi connectivity index (χ2n) is 2.94. The molecule has 0 atom stereocenters. The number of nitrogens with one attached hydrogen (secondary N) is 1. The van der Waals surface area contributed by atoms with Crippen molar-refractivity contribution in [2.75, 3.05) is 25.1 Å². The van der Waals surface area contributed by atoms with Gasteiger partial charge < -0.3 is 14.2 Å². The molecular weight excluding hydrogens is 224 g/mol. The van der Waals surface area contributed by atoms with Gasteiger partial charge in [0.2, 0.25) is 5.95 Å². The van der Waals surface area contributed by atoms with Crippen molar-refractivity contribution in [1.82, 2.24) is 15.0 Å². The maximum atomic E-state index is 5.46. The first-order chi connectivity index (χ1) is 8.26. The predicted molar refractivity (Wildman–Crippen MR) is 61.1 cm³/mol. The first-order valence-electron chi connectivity index (χ1n) is 5.58. The molecule has 0 radical (unpaired) electrons. The van der Waals surface area contributed by atoms with Crippen LogP contribution >= 0.6 is 0 Å². The Hall–Kier alpha value is -1.31. The summed E-state index contributed by atoms with van der Waals surface area (Å²) in [7, 11) is 0. The molecule has 1 heterocycles. The predicted octanol–water partition coefficient (Wildman–Crippen LogP) is 1.00. The standard InChI is InChI=1S/C10H18N4O3/c1-4-15-10(16-5-2,17-6-3)14-9-12-7-11-8-13-9/h7-8H,4-6H2,1-3H3,(H,11,12,13,14). The van der Waals surface area contributed by atoms with E-state index in [-0.39, 0.29) is 0 Å². The highest BCUT2D eigenvalue weighted by Crippen LogP contribution is 2.17. The normalized spacial score (nSPS) is 11.5. The van der Waals surface area contributed by atoms with Crippen LogP contribution in [0.1, 0.15) is 20.8 Å². The largest absolute Gasteiger partial charge is 0.377 e. The lowest BCUT2D eigenvalue weighted by molar-refractivity contribution is -0.359. The SMILES string of the molecule is CCOC(Nc1ncncn1)(OCC)OCC. The Balaban J connectivity index is 2.80. The van der Waals surface area contributed by atoms with Gasteiger partial charge in [0.1, 0.15) is 12.7 Å². The Bertz CT molecular complexity index is 293. The van der Waals surface area contributed by atoms with E-state index in [0.717, 1.165) is 0 Å². The zero-order valence-corrected chi connectivity index (χ0v) is 10.3. The van der Waals surface area contributed by atoms with E-state index in [1.165, 1.54) is 12.7 Å². The third-order valence-electron chi connectivity index (χ3n) is 1.76. The van der Waals surface area contributed by atoms with Crippen molar-refractivity contribution >= 4 is 5.95 Å². The molecule has 0 amide bonds. The van der Waals surface area contributed by atoms with Crippen LogP contribution in [0.25, 0.3) is 0 Å². The van der Waals surface area contributed by atoms with Crippen molar-refractivity contribution < 1.29 is 14.2 Å². The average Bonchev–Trinajstić information content (AvgIpc) is 2.31. The van der Waals surface area contributed by atoms with E-state index >= 15 is 0 Å². The van der Waals surface area contributed by atoms with Gasteiger partial charge in [0.15, 0.2) is 0 Å². The molecule has 7 heteroatoms. The summed E-state index contributed by atoms with van der Waals surface area (Å²) in [4.78, 5) is 11.6. The highest BCUT2D eigenvalue weighted by atomic mass is 16.9. The van der Waals surface area contributed by atoms with Crippen molar-refractivity contribution in [2.24, 2.45) is 0 Å². The molecule has 0 saturated carbocycles. The van der Waals surface area contributed by atoms with Gasteiger partial charge in [-0.05, 0) is 20.8 Å². The molecule has 0 aliphatic rings. The molecule has 0 fully saturated rings. The van der Waals surface area contributed by atoms with Gasteiger partial charge in [0, 0.05) is 0 Å². The second-order valence-corrected chi connectivity index (χ2v) is 2.94. The Morgan fingerprint density at radius 3 is 1.88 bits per heavy atom. The van der Waals surface area contributed by atoms with Crippen LogP contribution < -0.4 is 5.32 Å². The van der Waals surface area contributed by atoms with Crippen LogP contribution in [0.5, 0.6) is 0 Å². The van der Waals surface area contributed by atoms with E-state index in [0.29, 0.717) is 25.8 Å². The van der Waals surface area contributed by atoms with Crippen LogP contribution in [-0.4, -0.2) is 40.9 Å². The maximum Gasteiger partial charge on any atom is 0.377 e. The zero-order chi connectivity index (χ0) is 12.6. The van der Waals surface area contributed by atoms with Crippen LogP contribution in [-0.2, 0) is 14.2 Å². The van der Waals surface area contributed by atoms with Crippen molar-refractivity contribution in [1.29, 1.82) is 0 Å². The van der Waals surface area contributed by atoms with E-state index < -0.39 is 6.10 Å². The van der Waals surface area contributed by atoms with Crippen LogP contribution in [0.3, 0.4) is 0 Å². The zero-order valence-electron chi connectivity index (χ0n) is 10.3. The smallest absolute Gasteiger partial charge is 0.310 e. The van der Waals surface area contributed by atoms with Gasteiger partial charge in [0.05, 0.1) is 19.8 Å². The number of ether oxygens (including phenoxy) is 3. The average molecular weight is 242 g/mol. The third-order valence-corrected chi connectivity index (χ3v) is 1.76. The summed E-state index contributed by atoms with van der Waals surface area (Å²) in [6.07, 6.45) is 1.41. The number of hydrogen-bond acceptors (Lipinski definition) is 7. The Morgan fingerprint density at radius 1 is 1.00 bits per heavy atom. The Labute approximate surface area is 101 Å². The van der Waals surface area contributed by atoms with Gasteiger partial charge in [-0.2, -0.15) is 0 Å². The molecule has 1 aromatic rings. The summed E-state index contributed by atoms with van der Waals surface area (Å²) in [6, 6.07) is 0. The van der Waals surface area contributed by atoms with Crippen molar-refractivity contribution in [3.8, 4) is 0 Å². The minimum atomic E-state index is -1.35. The quantitative estimate of drug-likeness (QED) is 0.681. The summed E-state index contributed by atoms with van der Waals surface area (Å²) in [6.45, 7) is 6.83. The monoisotopic (exact) mass is 242 g/mol. The molecule has 0 aromatic carbocycles. The third kappa shape index (κ3) is 4.22. The molecule has 1 aromatic heterocycles. The van der Waals surface area contributed by atoms with Crippen LogP contribution in [0.15, 0.2) is 12.7 Å². The lowest BCUT2D eigenvalue weighted by Crippen LogP contribution is -2.47. The molecular formula is C10H18N4O3. The first-order valence-corrected chi connectivity index (χ1v) is 5.58. The maximum absolute atomic E-state index is 5.46. The van der Waals surface area contributed by atoms with Gasteiger partial charge in [0.25, 0.3) is 0 Å². The van der Waals surface area contributed by atoms with E-state index in [9.17, 15) is 0 Å². The number of nitrogens with zero attached hydrogens (tertiary/aromatic N) is 3. The molecule has 0 saturated heterocycles. The molecule has 0 spiro atoms. The Morgan fingerprint density at radius 2 is 1.47 bits per heavy atom. The fourth-order valence-electron chi connectivity index (χ4n) is 1.24. The summed E-state index contributed by atoms with van der Waals surface area (Å²) >= 11 is 0.